The molecule has 1 aliphatic heterocycles. The molecule has 0 spiro atoms. The lowest BCUT2D eigenvalue weighted by atomic mass is 9.97. The summed E-state index contributed by atoms with van der Waals surface area (Å²) in [6.07, 6.45) is 5.55. The maximum atomic E-state index is 9.31. The summed E-state index contributed by atoms with van der Waals surface area (Å²) in [6, 6.07) is 2.49. The van der Waals surface area contributed by atoms with Crippen LogP contribution >= 0.6 is 11.8 Å². The van der Waals surface area contributed by atoms with Gasteiger partial charge in [-0.05, 0) is 25.0 Å². The monoisotopic (exact) mass is 293 g/mol. The maximum absolute atomic E-state index is 9.31. The van der Waals surface area contributed by atoms with Gasteiger partial charge in [-0.1, -0.05) is 13.8 Å². The molecule has 1 aliphatic rings. The first-order valence-electron chi connectivity index (χ1n) is 7.14. The SMILES string of the molecule is CSC1(C#N)CCN(Cc2ncnn2CC(C)C)CC1. The number of hydrogen-bond donors (Lipinski definition) is 0. The van der Waals surface area contributed by atoms with E-state index in [0.29, 0.717) is 5.92 Å². The van der Waals surface area contributed by atoms with Gasteiger partial charge in [0.1, 0.15) is 16.9 Å². The number of rotatable bonds is 5. The number of hydrogen-bond acceptors (Lipinski definition) is 5. The van der Waals surface area contributed by atoms with Gasteiger partial charge < -0.3 is 0 Å². The molecule has 0 radical (unpaired) electrons. The molecule has 20 heavy (non-hydrogen) atoms. The van der Waals surface area contributed by atoms with E-state index in [1.165, 1.54) is 0 Å². The average Bonchev–Trinajstić information content (AvgIpc) is 2.86. The van der Waals surface area contributed by atoms with E-state index in [4.69, 9.17) is 0 Å². The molecule has 6 heteroatoms. The van der Waals surface area contributed by atoms with Crippen LogP contribution in [0.2, 0.25) is 0 Å². The van der Waals surface area contributed by atoms with E-state index in [2.05, 4.69) is 34.9 Å². The van der Waals surface area contributed by atoms with Crippen molar-refractivity contribution in [3.8, 4) is 6.07 Å². The summed E-state index contributed by atoms with van der Waals surface area (Å²) in [5, 5.41) is 13.6. The molecule has 1 aromatic rings. The third-order valence-corrected chi connectivity index (χ3v) is 5.14. The van der Waals surface area contributed by atoms with Crippen molar-refractivity contribution in [3.05, 3.63) is 12.2 Å². The van der Waals surface area contributed by atoms with E-state index in [-0.39, 0.29) is 4.75 Å². The van der Waals surface area contributed by atoms with Crippen LogP contribution in [0.4, 0.5) is 0 Å². The molecule has 0 amide bonds. The van der Waals surface area contributed by atoms with Crippen LogP contribution in [-0.2, 0) is 13.1 Å². The summed E-state index contributed by atoms with van der Waals surface area (Å²) >= 11 is 1.69. The average molecular weight is 293 g/mol. The van der Waals surface area contributed by atoms with Gasteiger partial charge in [0.2, 0.25) is 0 Å². The zero-order chi connectivity index (χ0) is 14.6. The summed E-state index contributed by atoms with van der Waals surface area (Å²) in [5.74, 6) is 1.60. The van der Waals surface area contributed by atoms with Crippen LogP contribution in [0.1, 0.15) is 32.5 Å². The minimum Gasteiger partial charge on any atom is -0.296 e. The molecule has 1 saturated heterocycles. The Bertz CT molecular complexity index is 468. The molecular formula is C14H23N5S. The standard InChI is InChI=1S/C14H23N5S/c1-12(2)8-19-13(16-11-17-19)9-18-6-4-14(10-15,20-3)5-7-18/h11-12H,4-9H2,1-3H3. The Balaban J connectivity index is 1.93. The Kier molecular flexibility index (Phi) is 5.06. The topological polar surface area (TPSA) is 57.7 Å². The molecule has 5 nitrogen and oxygen atoms in total. The van der Waals surface area contributed by atoms with Gasteiger partial charge in [0.25, 0.3) is 0 Å². The van der Waals surface area contributed by atoms with Crippen LogP contribution in [0.3, 0.4) is 0 Å². The van der Waals surface area contributed by atoms with Gasteiger partial charge in [-0.2, -0.15) is 10.4 Å². The largest absolute Gasteiger partial charge is 0.296 e. The predicted molar refractivity (Wildman–Crippen MR) is 81.2 cm³/mol. The van der Waals surface area contributed by atoms with Gasteiger partial charge in [-0.15, -0.1) is 11.8 Å². The molecule has 0 aromatic carbocycles. The fraction of sp³-hybridized carbons (Fsp3) is 0.786. The third kappa shape index (κ3) is 3.53. The van der Waals surface area contributed by atoms with Crippen molar-refractivity contribution in [1.82, 2.24) is 19.7 Å². The number of nitrogens with zero attached hydrogens (tertiary/aromatic N) is 5. The highest BCUT2D eigenvalue weighted by Crippen LogP contribution is 2.34. The van der Waals surface area contributed by atoms with Crippen LogP contribution in [0.5, 0.6) is 0 Å². The fourth-order valence-corrected chi connectivity index (χ4v) is 3.22. The molecule has 1 fully saturated rings. The summed E-state index contributed by atoms with van der Waals surface area (Å²) in [6.45, 7) is 8.04. The van der Waals surface area contributed by atoms with Crippen LogP contribution in [0.25, 0.3) is 0 Å². The molecule has 0 aliphatic carbocycles. The Morgan fingerprint density at radius 3 is 2.70 bits per heavy atom. The smallest absolute Gasteiger partial charge is 0.141 e. The number of aromatic nitrogens is 3. The number of piperidine rings is 1. The fourth-order valence-electron chi connectivity index (χ4n) is 2.54. The molecular weight excluding hydrogens is 270 g/mol. The molecule has 2 heterocycles. The minimum atomic E-state index is -0.178. The van der Waals surface area contributed by atoms with Crippen molar-refractivity contribution in [2.75, 3.05) is 19.3 Å². The highest BCUT2D eigenvalue weighted by atomic mass is 32.2. The Morgan fingerprint density at radius 1 is 1.45 bits per heavy atom. The van der Waals surface area contributed by atoms with Crippen molar-refractivity contribution in [2.24, 2.45) is 5.92 Å². The van der Waals surface area contributed by atoms with Gasteiger partial charge in [-0.25, -0.2) is 9.67 Å². The van der Waals surface area contributed by atoms with Crippen molar-refractivity contribution < 1.29 is 0 Å². The van der Waals surface area contributed by atoms with E-state index in [1.807, 2.05) is 10.9 Å². The maximum Gasteiger partial charge on any atom is 0.141 e. The van der Waals surface area contributed by atoms with Crippen molar-refractivity contribution >= 4 is 11.8 Å². The zero-order valence-electron chi connectivity index (χ0n) is 12.5. The summed E-state index contributed by atoms with van der Waals surface area (Å²) in [4.78, 5) is 6.76. The molecule has 2 rings (SSSR count). The first kappa shape index (κ1) is 15.3. The Hall–Kier alpha value is -1.06. The Labute approximate surface area is 125 Å². The van der Waals surface area contributed by atoms with Gasteiger partial charge in [0, 0.05) is 19.6 Å². The Morgan fingerprint density at radius 2 is 2.15 bits per heavy atom. The van der Waals surface area contributed by atoms with Crippen molar-refractivity contribution in [1.29, 1.82) is 5.26 Å². The highest BCUT2D eigenvalue weighted by molar-refractivity contribution is 8.00. The first-order chi connectivity index (χ1) is 9.58. The van der Waals surface area contributed by atoms with E-state index in [0.717, 1.165) is 44.8 Å². The summed E-state index contributed by atoms with van der Waals surface area (Å²) in [7, 11) is 0. The van der Waals surface area contributed by atoms with Crippen LogP contribution < -0.4 is 0 Å². The zero-order valence-corrected chi connectivity index (χ0v) is 13.4. The molecule has 0 atom stereocenters. The van der Waals surface area contributed by atoms with Crippen molar-refractivity contribution in [2.45, 2.75) is 44.5 Å². The number of thioether (sulfide) groups is 1. The van der Waals surface area contributed by atoms with Gasteiger partial charge in [0.05, 0.1) is 12.6 Å². The number of likely N-dealkylation sites (tertiary alicyclic amines) is 1. The normalized spacial score (nSPS) is 19.1. The molecule has 110 valence electrons. The van der Waals surface area contributed by atoms with Gasteiger partial charge in [0.15, 0.2) is 0 Å². The quantitative estimate of drug-likeness (QED) is 0.832. The lowest BCUT2D eigenvalue weighted by molar-refractivity contribution is 0.200. The molecule has 1 aromatic heterocycles. The van der Waals surface area contributed by atoms with E-state index >= 15 is 0 Å². The minimum absolute atomic E-state index is 0.178. The first-order valence-corrected chi connectivity index (χ1v) is 8.36. The predicted octanol–water partition coefficient (Wildman–Crippen LogP) is 2.16. The summed E-state index contributed by atoms with van der Waals surface area (Å²) < 4.78 is 1.83. The van der Waals surface area contributed by atoms with E-state index in [9.17, 15) is 5.26 Å². The molecule has 0 unspecified atom stereocenters. The van der Waals surface area contributed by atoms with Gasteiger partial charge in [-0.3, -0.25) is 4.90 Å². The van der Waals surface area contributed by atoms with Crippen LogP contribution in [0.15, 0.2) is 6.33 Å². The summed E-state index contributed by atoms with van der Waals surface area (Å²) in [5.41, 5.74) is 0. The second-order valence-electron chi connectivity index (χ2n) is 5.84. The number of nitriles is 1. The molecule has 0 bridgehead atoms. The second-order valence-corrected chi connectivity index (χ2v) is 7.03. The molecule has 0 saturated carbocycles. The molecule has 0 N–H and O–H groups in total. The highest BCUT2D eigenvalue weighted by Gasteiger charge is 2.34. The second kappa shape index (κ2) is 6.59. The lowest BCUT2D eigenvalue weighted by Crippen LogP contribution is -2.41. The van der Waals surface area contributed by atoms with E-state index in [1.54, 1.807) is 18.1 Å². The van der Waals surface area contributed by atoms with E-state index < -0.39 is 0 Å². The third-order valence-electron chi connectivity index (χ3n) is 3.86. The van der Waals surface area contributed by atoms with Crippen LogP contribution in [0, 0.1) is 17.2 Å². The van der Waals surface area contributed by atoms with Crippen molar-refractivity contribution in [3.63, 3.8) is 0 Å². The lowest BCUT2D eigenvalue weighted by Gasteiger charge is -2.35. The van der Waals surface area contributed by atoms with Crippen LogP contribution in [-0.4, -0.2) is 43.8 Å². The van der Waals surface area contributed by atoms with Gasteiger partial charge >= 0.3 is 0 Å².